The highest BCUT2D eigenvalue weighted by atomic mass is 16.2. The average Bonchev–Trinajstić information content (AvgIpc) is 2.65. The minimum Gasteiger partial charge on any atom is -0.368 e. The molecule has 4 amide bonds. The molecule has 1 aliphatic rings. The molecule has 19 heavy (non-hydrogen) atoms. The molecule has 1 heterocycles. The zero-order valence-corrected chi connectivity index (χ0v) is 10.8. The third kappa shape index (κ3) is 4.94. The van der Waals surface area contributed by atoms with Crippen LogP contribution in [0.15, 0.2) is 0 Å². The standard InChI is InChI=1S/C11H18N4O4/c1-7-2-3-11(19)15(7)6-10(18)14-5-9(17)13-4-8(12)16/h7H,2-6H2,1H3,(H2,12,16)(H,13,17)(H,14,18). The number of amides is 4. The Bertz CT molecular complexity index is 396. The van der Waals surface area contributed by atoms with E-state index in [0.717, 1.165) is 6.42 Å². The SMILES string of the molecule is CC1CCC(=O)N1CC(=O)NCC(=O)NCC(N)=O. The highest BCUT2D eigenvalue weighted by Crippen LogP contribution is 2.16. The van der Waals surface area contributed by atoms with Crippen LogP contribution in [0.3, 0.4) is 0 Å². The van der Waals surface area contributed by atoms with Gasteiger partial charge in [0, 0.05) is 12.5 Å². The van der Waals surface area contributed by atoms with Gasteiger partial charge >= 0.3 is 0 Å². The predicted molar refractivity (Wildman–Crippen MR) is 65.6 cm³/mol. The van der Waals surface area contributed by atoms with Gasteiger partial charge in [0.05, 0.1) is 19.6 Å². The Morgan fingerprint density at radius 1 is 1.26 bits per heavy atom. The molecule has 8 nitrogen and oxygen atoms in total. The van der Waals surface area contributed by atoms with Crippen LogP contribution in [-0.2, 0) is 19.2 Å². The van der Waals surface area contributed by atoms with Crippen molar-refractivity contribution >= 4 is 23.6 Å². The molecule has 1 unspecified atom stereocenters. The van der Waals surface area contributed by atoms with Crippen molar-refractivity contribution in [2.75, 3.05) is 19.6 Å². The molecule has 0 bridgehead atoms. The van der Waals surface area contributed by atoms with E-state index < -0.39 is 17.7 Å². The van der Waals surface area contributed by atoms with Crippen molar-refractivity contribution in [3.8, 4) is 0 Å². The number of carbonyl (C=O) groups is 4. The highest BCUT2D eigenvalue weighted by Gasteiger charge is 2.28. The van der Waals surface area contributed by atoms with Crippen LogP contribution in [0.2, 0.25) is 0 Å². The van der Waals surface area contributed by atoms with Crippen LogP contribution in [0.1, 0.15) is 19.8 Å². The van der Waals surface area contributed by atoms with Crippen molar-refractivity contribution < 1.29 is 19.2 Å². The molecular formula is C11H18N4O4. The van der Waals surface area contributed by atoms with Crippen molar-refractivity contribution in [2.45, 2.75) is 25.8 Å². The summed E-state index contributed by atoms with van der Waals surface area (Å²) in [6.45, 7) is 1.31. The smallest absolute Gasteiger partial charge is 0.240 e. The number of hydrogen-bond acceptors (Lipinski definition) is 4. The van der Waals surface area contributed by atoms with E-state index in [9.17, 15) is 19.2 Å². The summed E-state index contributed by atoms with van der Waals surface area (Å²) in [5.41, 5.74) is 4.85. The Balaban J connectivity index is 2.26. The van der Waals surface area contributed by atoms with Gasteiger partial charge in [-0.15, -0.1) is 0 Å². The molecule has 0 radical (unpaired) electrons. The zero-order valence-electron chi connectivity index (χ0n) is 10.8. The number of nitrogens with zero attached hydrogens (tertiary/aromatic N) is 1. The van der Waals surface area contributed by atoms with Crippen LogP contribution < -0.4 is 16.4 Å². The Morgan fingerprint density at radius 3 is 2.42 bits per heavy atom. The summed E-state index contributed by atoms with van der Waals surface area (Å²) in [6.07, 6.45) is 1.19. The molecule has 0 aromatic carbocycles. The van der Waals surface area contributed by atoms with Gasteiger partial charge < -0.3 is 21.3 Å². The summed E-state index contributed by atoms with van der Waals surface area (Å²) >= 11 is 0. The number of nitrogens with two attached hydrogens (primary N) is 1. The van der Waals surface area contributed by atoms with Gasteiger partial charge in [-0.1, -0.05) is 0 Å². The van der Waals surface area contributed by atoms with Gasteiger partial charge in [0.25, 0.3) is 0 Å². The lowest BCUT2D eigenvalue weighted by atomic mass is 10.2. The molecule has 1 rings (SSSR count). The van der Waals surface area contributed by atoms with Gasteiger partial charge in [0.2, 0.25) is 23.6 Å². The first-order valence-electron chi connectivity index (χ1n) is 6.01. The molecule has 8 heteroatoms. The van der Waals surface area contributed by atoms with Gasteiger partial charge in [-0.25, -0.2) is 0 Å². The Morgan fingerprint density at radius 2 is 1.89 bits per heavy atom. The molecule has 0 saturated carbocycles. The van der Waals surface area contributed by atoms with Crippen molar-refractivity contribution in [3.05, 3.63) is 0 Å². The normalized spacial score (nSPS) is 18.3. The van der Waals surface area contributed by atoms with Gasteiger partial charge in [-0.2, -0.15) is 0 Å². The fourth-order valence-corrected chi connectivity index (χ4v) is 1.76. The first kappa shape index (κ1) is 14.9. The monoisotopic (exact) mass is 270 g/mol. The van der Waals surface area contributed by atoms with E-state index in [2.05, 4.69) is 10.6 Å². The number of hydrogen-bond donors (Lipinski definition) is 3. The summed E-state index contributed by atoms with van der Waals surface area (Å²) < 4.78 is 0. The van der Waals surface area contributed by atoms with Gasteiger partial charge in [0.15, 0.2) is 0 Å². The van der Waals surface area contributed by atoms with Crippen molar-refractivity contribution in [1.29, 1.82) is 0 Å². The molecule has 106 valence electrons. The molecule has 1 fully saturated rings. The highest BCUT2D eigenvalue weighted by molar-refractivity contribution is 5.90. The summed E-state index contributed by atoms with van der Waals surface area (Å²) in [6, 6.07) is 0.0435. The third-order valence-electron chi connectivity index (χ3n) is 2.85. The third-order valence-corrected chi connectivity index (χ3v) is 2.85. The average molecular weight is 270 g/mol. The maximum Gasteiger partial charge on any atom is 0.240 e. The van der Waals surface area contributed by atoms with Crippen LogP contribution in [-0.4, -0.2) is 54.2 Å². The van der Waals surface area contributed by atoms with E-state index in [1.54, 1.807) is 0 Å². The fourth-order valence-electron chi connectivity index (χ4n) is 1.76. The predicted octanol–water partition coefficient (Wildman–Crippen LogP) is -2.28. The zero-order chi connectivity index (χ0) is 14.4. The maximum absolute atomic E-state index is 11.6. The van der Waals surface area contributed by atoms with Crippen LogP contribution in [0.25, 0.3) is 0 Å². The van der Waals surface area contributed by atoms with Crippen molar-refractivity contribution in [2.24, 2.45) is 5.73 Å². The van der Waals surface area contributed by atoms with Crippen molar-refractivity contribution in [3.63, 3.8) is 0 Å². The Kier molecular flexibility index (Phi) is 5.28. The molecule has 0 aromatic heterocycles. The number of likely N-dealkylation sites (tertiary alicyclic amines) is 1. The molecular weight excluding hydrogens is 252 g/mol. The number of nitrogens with one attached hydrogen (secondary N) is 2. The minimum atomic E-state index is -0.656. The van der Waals surface area contributed by atoms with Crippen LogP contribution in [0, 0.1) is 0 Å². The molecule has 1 atom stereocenters. The first-order chi connectivity index (χ1) is 8.90. The summed E-state index contributed by atoms with van der Waals surface area (Å²) in [5, 5.41) is 4.62. The molecule has 1 saturated heterocycles. The Labute approximate surface area is 110 Å². The molecule has 0 aliphatic carbocycles. The topological polar surface area (TPSA) is 122 Å². The largest absolute Gasteiger partial charge is 0.368 e. The van der Waals surface area contributed by atoms with E-state index in [4.69, 9.17) is 5.73 Å². The van der Waals surface area contributed by atoms with E-state index in [1.807, 2.05) is 6.92 Å². The number of primary amides is 1. The molecule has 1 aliphatic heterocycles. The maximum atomic E-state index is 11.6. The van der Waals surface area contributed by atoms with E-state index in [1.165, 1.54) is 4.90 Å². The number of carbonyl (C=O) groups excluding carboxylic acids is 4. The number of rotatable bonds is 6. The summed E-state index contributed by atoms with van der Waals surface area (Å²) in [4.78, 5) is 46.1. The lowest BCUT2D eigenvalue weighted by Crippen LogP contribution is -2.45. The second kappa shape index (κ2) is 6.72. The molecule has 0 spiro atoms. The van der Waals surface area contributed by atoms with Gasteiger partial charge in [-0.05, 0) is 13.3 Å². The second-order valence-electron chi connectivity index (χ2n) is 4.43. The van der Waals surface area contributed by atoms with Crippen LogP contribution in [0.5, 0.6) is 0 Å². The van der Waals surface area contributed by atoms with Gasteiger partial charge in [-0.3, -0.25) is 19.2 Å². The summed E-state index contributed by atoms with van der Waals surface area (Å²) in [7, 11) is 0. The lowest BCUT2D eigenvalue weighted by Gasteiger charge is -2.20. The fraction of sp³-hybridized carbons (Fsp3) is 0.636. The lowest BCUT2D eigenvalue weighted by molar-refractivity contribution is -0.134. The van der Waals surface area contributed by atoms with E-state index in [-0.39, 0.29) is 31.6 Å². The summed E-state index contributed by atoms with van der Waals surface area (Å²) in [5.74, 6) is -1.62. The second-order valence-corrected chi connectivity index (χ2v) is 4.43. The quantitative estimate of drug-likeness (QED) is 0.503. The molecule has 0 aromatic rings. The first-order valence-corrected chi connectivity index (χ1v) is 6.01. The van der Waals surface area contributed by atoms with Gasteiger partial charge in [0.1, 0.15) is 0 Å². The van der Waals surface area contributed by atoms with Crippen LogP contribution in [0.4, 0.5) is 0 Å². The minimum absolute atomic E-state index is 0.0435. The van der Waals surface area contributed by atoms with Crippen LogP contribution >= 0.6 is 0 Å². The molecule has 4 N–H and O–H groups in total. The van der Waals surface area contributed by atoms with E-state index in [0.29, 0.717) is 6.42 Å². The van der Waals surface area contributed by atoms with Crippen molar-refractivity contribution in [1.82, 2.24) is 15.5 Å². The van der Waals surface area contributed by atoms with E-state index >= 15 is 0 Å². The Hall–Kier alpha value is -2.12.